The first-order valence-electron chi connectivity index (χ1n) is 10.6. The van der Waals surface area contributed by atoms with Gasteiger partial charge >= 0.3 is 0 Å². The highest BCUT2D eigenvalue weighted by molar-refractivity contribution is 7.18. The maximum absolute atomic E-state index is 4.65. The van der Waals surface area contributed by atoms with Crippen LogP contribution in [-0.4, -0.2) is 10.2 Å². The third-order valence-corrected chi connectivity index (χ3v) is 7.58. The third-order valence-electron chi connectivity index (χ3n) is 6.59. The SMILES string of the molecule is c1ccc2c(c1)Cc1c(-c3nnc(-c4cccc5c4Cc4ccccc4-5)s3)cccc1-2. The van der Waals surface area contributed by atoms with Crippen LogP contribution in [0.2, 0.25) is 0 Å². The quantitative estimate of drug-likeness (QED) is 0.304. The lowest BCUT2D eigenvalue weighted by molar-refractivity contribution is 1.09. The Morgan fingerprint density at radius 1 is 0.452 bits per heavy atom. The highest BCUT2D eigenvalue weighted by Gasteiger charge is 2.25. The highest BCUT2D eigenvalue weighted by Crippen LogP contribution is 2.45. The van der Waals surface area contributed by atoms with Crippen molar-refractivity contribution in [2.45, 2.75) is 12.8 Å². The lowest BCUT2D eigenvalue weighted by atomic mass is 10.0. The molecule has 0 saturated carbocycles. The maximum atomic E-state index is 4.65. The average Bonchev–Trinajstić information content (AvgIpc) is 3.53. The van der Waals surface area contributed by atoms with Crippen molar-refractivity contribution in [3.63, 3.8) is 0 Å². The molecule has 31 heavy (non-hydrogen) atoms. The van der Waals surface area contributed by atoms with Crippen LogP contribution in [0, 0.1) is 0 Å². The second kappa shape index (κ2) is 6.47. The van der Waals surface area contributed by atoms with Gasteiger partial charge in [0, 0.05) is 11.1 Å². The van der Waals surface area contributed by atoms with E-state index >= 15 is 0 Å². The van der Waals surface area contributed by atoms with Crippen LogP contribution in [0.4, 0.5) is 0 Å². The summed E-state index contributed by atoms with van der Waals surface area (Å²) in [5, 5.41) is 11.3. The van der Waals surface area contributed by atoms with Gasteiger partial charge in [0.1, 0.15) is 10.0 Å². The fraction of sp³-hybridized carbons (Fsp3) is 0.0714. The van der Waals surface area contributed by atoms with E-state index in [9.17, 15) is 0 Å². The van der Waals surface area contributed by atoms with Gasteiger partial charge in [-0.25, -0.2) is 0 Å². The average molecular weight is 415 g/mol. The van der Waals surface area contributed by atoms with Crippen LogP contribution in [-0.2, 0) is 12.8 Å². The molecule has 0 aliphatic heterocycles. The molecule has 146 valence electrons. The minimum Gasteiger partial charge on any atom is -0.138 e. The maximum Gasteiger partial charge on any atom is 0.148 e. The Bertz CT molecular complexity index is 1380. The fourth-order valence-electron chi connectivity index (χ4n) is 5.16. The summed E-state index contributed by atoms with van der Waals surface area (Å²) in [5.41, 5.74) is 13.3. The van der Waals surface area contributed by atoms with E-state index in [1.54, 1.807) is 11.3 Å². The molecular formula is C28H18N2S. The number of hydrogen-bond donors (Lipinski definition) is 0. The van der Waals surface area contributed by atoms with Crippen molar-refractivity contribution in [2.75, 3.05) is 0 Å². The largest absolute Gasteiger partial charge is 0.148 e. The van der Waals surface area contributed by atoms with Gasteiger partial charge in [-0.3, -0.25) is 0 Å². The molecule has 5 aromatic rings. The van der Waals surface area contributed by atoms with Crippen molar-refractivity contribution in [3.8, 4) is 43.4 Å². The standard InChI is InChI=1S/C28H18N2S/c1-3-9-19-17(7-1)15-25-21(19)11-5-13-23(25)27-29-30-28(31-27)24-14-6-12-22-20-10-4-2-8-18(20)16-26(22)24/h1-14H,15-16H2. The molecule has 4 aromatic carbocycles. The summed E-state index contributed by atoms with van der Waals surface area (Å²) in [5.74, 6) is 0. The van der Waals surface area contributed by atoms with Crippen LogP contribution >= 0.6 is 11.3 Å². The molecule has 7 rings (SSSR count). The first-order valence-corrected chi connectivity index (χ1v) is 11.4. The van der Waals surface area contributed by atoms with Gasteiger partial charge in [-0.05, 0) is 57.3 Å². The van der Waals surface area contributed by atoms with Gasteiger partial charge in [0.25, 0.3) is 0 Å². The second-order valence-electron chi connectivity index (χ2n) is 8.24. The molecule has 3 heteroatoms. The molecule has 1 heterocycles. The number of aromatic nitrogens is 2. The van der Waals surface area contributed by atoms with E-state index in [-0.39, 0.29) is 0 Å². The molecule has 2 nitrogen and oxygen atoms in total. The molecule has 0 radical (unpaired) electrons. The molecule has 1 aromatic heterocycles. The molecule has 0 unspecified atom stereocenters. The summed E-state index contributed by atoms with van der Waals surface area (Å²) in [6.45, 7) is 0. The van der Waals surface area contributed by atoms with E-state index in [1.165, 1.54) is 55.6 Å². The predicted octanol–water partition coefficient (Wildman–Crippen LogP) is 7.01. The van der Waals surface area contributed by atoms with E-state index in [1.807, 2.05) is 0 Å². The second-order valence-corrected chi connectivity index (χ2v) is 9.22. The van der Waals surface area contributed by atoms with Gasteiger partial charge in [0.15, 0.2) is 0 Å². The van der Waals surface area contributed by atoms with E-state index in [4.69, 9.17) is 0 Å². The van der Waals surface area contributed by atoms with Crippen LogP contribution in [0.25, 0.3) is 43.4 Å². The Kier molecular flexibility index (Phi) is 3.58. The van der Waals surface area contributed by atoms with Crippen LogP contribution < -0.4 is 0 Å². The monoisotopic (exact) mass is 414 g/mol. The smallest absolute Gasteiger partial charge is 0.138 e. The molecule has 0 N–H and O–H groups in total. The molecule has 2 aliphatic rings. The zero-order chi connectivity index (χ0) is 20.4. The summed E-state index contributed by atoms with van der Waals surface area (Å²) < 4.78 is 0. The summed E-state index contributed by atoms with van der Waals surface area (Å²) in [6.07, 6.45) is 1.93. The van der Waals surface area contributed by atoms with Crippen molar-refractivity contribution < 1.29 is 0 Å². The first kappa shape index (κ1) is 17.2. The van der Waals surface area contributed by atoms with Crippen molar-refractivity contribution in [3.05, 3.63) is 107 Å². The van der Waals surface area contributed by atoms with Crippen LogP contribution in [0.15, 0.2) is 84.9 Å². The highest BCUT2D eigenvalue weighted by atomic mass is 32.1. The van der Waals surface area contributed by atoms with Crippen LogP contribution in [0.3, 0.4) is 0 Å². The van der Waals surface area contributed by atoms with Gasteiger partial charge < -0.3 is 0 Å². The number of hydrogen-bond acceptors (Lipinski definition) is 3. The normalized spacial score (nSPS) is 12.9. The van der Waals surface area contributed by atoms with E-state index in [0.717, 1.165) is 22.9 Å². The predicted molar refractivity (Wildman–Crippen MR) is 127 cm³/mol. The van der Waals surface area contributed by atoms with Gasteiger partial charge in [-0.1, -0.05) is 96.3 Å². The van der Waals surface area contributed by atoms with E-state index in [2.05, 4.69) is 95.1 Å². The van der Waals surface area contributed by atoms with Gasteiger partial charge in [-0.2, -0.15) is 0 Å². The Balaban J connectivity index is 1.33. The lowest BCUT2D eigenvalue weighted by Crippen LogP contribution is -1.87. The summed E-state index contributed by atoms with van der Waals surface area (Å²) >= 11 is 1.71. The van der Waals surface area contributed by atoms with E-state index < -0.39 is 0 Å². The number of fused-ring (bicyclic) bond motifs is 6. The number of rotatable bonds is 2. The van der Waals surface area contributed by atoms with Crippen LogP contribution in [0.1, 0.15) is 22.3 Å². The zero-order valence-corrected chi connectivity index (χ0v) is 17.6. The lowest BCUT2D eigenvalue weighted by Gasteiger charge is -2.06. The minimum atomic E-state index is 0.965. The molecule has 2 aliphatic carbocycles. The number of benzene rings is 4. The molecule has 0 amide bonds. The molecule has 0 spiro atoms. The Morgan fingerprint density at radius 3 is 1.39 bits per heavy atom. The van der Waals surface area contributed by atoms with Gasteiger partial charge in [0.2, 0.25) is 0 Å². The molecule has 0 fully saturated rings. The van der Waals surface area contributed by atoms with Gasteiger partial charge in [0.05, 0.1) is 0 Å². The van der Waals surface area contributed by atoms with E-state index in [0.29, 0.717) is 0 Å². The molecule has 0 atom stereocenters. The number of nitrogens with zero attached hydrogens (tertiary/aromatic N) is 2. The molecule has 0 bridgehead atoms. The van der Waals surface area contributed by atoms with Crippen molar-refractivity contribution in [2.24, 2.45) is 0 Å². The molecular weight excluding hydrogens is 396 g/mol. The van der Waals surface area contributed by atoms with Crippen molar-refractivity contribution in [1.82, 2.24) is 10.2 Å². The Morgan fingerprint density at radius 2 is 0.871 bits per heavy atom. The molecule has 0 saturated heterocycles. The summed E-state index contributed by atoms with van der Waals surface area (Å²) in [6, 6.07) is 30.6. The fourth-order valence-corrected chi connectivity index (χ4v) is 6.11. The summed E-state index contributed by atoms with van der Waals surface area (Å²) in [7, 11) is 0. The first-order chi connectivity index (χ1) is 15.4. The Labute approximate surface area is 184 Å². The van der Waals surface area contributed by atoms with Crippen molar-refractivity contribution >= 4 is 11.3 Å². The van der Waals surface area contributed by atoms with Gasteiger partial charge in [-0.15, -0.1) is 10.2 Å². The summed E-state index contributed by atoms with van der Waals surface area (Å²) in [4.78, 5) is 0. The third kappa shape index (κ3) is 2.50. The minimum absolute atomic E-state index is 0.965. The van der Waals surface area contributed by atoms with Crippen molar-refractivity contribution in [1.29, 1.82) is 0 Å². The van der Waals surface area contributed by atoms with Crippen LogP contribution in [0.5, 0.6) is 0 Å². The zero-order valence-electron chi connectivity index (χ0n) is 16.8. The topological polar surface area (TPSA) is 25.8 Å². The Hall–Kier alpha value is -3.56.